The highest BCUT2D eigenvalue weighted by Crippen LogP contribution is 2.31. The van der Waals surface area contributed by atoms with E-state index in [4.69, 9.17) is 16.3 Å². The second-order valence-corrected chi connectivity index (χ2v) is 3.26. The molecule has 0 saturated heterocycles. The molecule has 0 fully saturated rings. The van der Waals surface area contributed by atoms with Crippen LogP contribution in [0, 0.1) is 6.92 Å². The summed E-state index contributed by atoms with van der Waals surface area (Å²) in [6.45, 7) is 1.90. The van der Waals surface area contributed by atoms with Gasteiger partial charge in [-0.3, -0.25) is 9.69 Å². The van der Waals surface area contributed by atoms with Crippen LogP contribution in [-0.4, -0.2) is 19.5 Å². The molecule has 0 atom stereocenters. The quantitative estimate of drug-likeness (QED) is 0.559. The minimum absolute atomic E-state index is 0.530. The molecule has 0 unspecified atom stereocenters. The molecule has 0 aliphatic heterocycles. The number of carbonyl (C=O) groups excluding carboxylic acids is 1. The fourth-order valence-corrected chi connectivity index (χ4v) is 1.40. The Morgan fingerprint density at radius 3 is 2.64 bits per heavy atom. The first-order valence-electron chi connectivity index (χ1n) is 4.14. The van der Waals surface area contributed by atoms with Gasteiger partial charge in [0.15, 0.2) is 0 Å². The van der Waals surface area contributed by atoms with Crippen LogP contribution in [0.4, 0.5) is 10.5 Å². The number of anilines is 1. The largest absolute Gasteiger partial charge is 0.495 e. The molecule has 0 heterocycles. The lowest BCUT2D eigenvalue weighted by atomic mass is 10.2. The van der Waals surface area contributed by atoms with Crippen LogP contribution in [0.3, 0.4) is 0 Å². The SMILES string of the molecule is COc1cccc(C)c1N(C)C(=O)Cl. The summed E-state index contributed by atoms with van der Waals surface area (Å²) >= 11 is 5.40. The summed E-state index contributed by atoms with van der Waals surface area (Å²) in [6.07, 6.45) is 0. The highest BCUT2D eigenvalue weighted by molar-refractivity contribution is 6.66. The number of hydrogen-bond acceptors (Lipinski definition) is 2. The van der Waals surface area contributed by atoms with Crippen LogP contribution in [0.5, 0.6) is 5.75 Å². The Kier molecular flexibility index (Phi) is 3.36. The molecule has 0 aromatic heterocycles. The number of carbonyl (C=O) groups is 1. The van der Waals surface area contributed by atoms with Gasteiger partial charge in [-0.2, -0.15) is 0 Å². The molecule has 3 nitrogen and oxygen atoms in total. The van der Waals surface area contributed by atoms with Gasteiger partial charge in [0.1, 0.15) is 5.75 Å². The van der Waals surface area contributed by atoms with E-state index >= 15 is 0 Å². The van der Waals surface area contributed by atoms with Crippen LogP contribution in [0.2, 0.25) is 0 Å². The molecule has 0 saturated carbocycles. The number of amides is 1. The van der Waals surface area contributed by atoms with Crippen molar-refractivity contribution >= 4 is 22.7 Å². The van der Waals surface area contributed by atoms with Crippen LogP contribution in [0.1, 0.15) is 5.56 Å². The van der Waals surface area contributed by atoms with Crippen molar-refractivity contribution in [1.29, 1.82) is 0 Å². The van der Waals surface area contributed by atoms with Gasteiger partial charge < -0.3 is 4.74 Å². The third-order valence-corrected chi connectivity index (χ3v) is 2.27. The maximum Gasteiger partial charge on any atom is 0.320 e. The molecular formula is C10H12ClNO2. The lowest BCUT2D eigenvalue weighted by Crippen LogP contribution is -2.21. The van der Waals surface area contributed by atoms with Crippen molar-refractivity contribution in [3.05, 3.63) is 23.8 Å². The number of rotatable bonds is 2. The summed E-state index contributed by atoms with van der Waals surface area (Å²) in [7, 11) is 3.17. The van der Waals surface area contributed by atoms with Gasteiger partial charge in [-0.15, -0.1) is 0 Å². The standard InChI is InChI=1S/C10H12ClNO2/c1-7-5-4-6-8(14-3)9(7)12(2)10(11)13/h4-6H,1-3H3. The van der Waals surface area contributed by atoms with Gasteiger partial charge in [-0.1, -0.05) is 12.1 Å². The molecule has 76 valence electrons. The zero-order chi connectivity index (χ0) is 10.7. The summed E-state index contributed by atoms with van der Waals surface area (Å²) < 4.78 is 5.14. The number of halogens is 1. The zero-order valence-electron chi connectivity index (χ0n) is 8.37. The molecule has 0 spiro atoms. The van der Waals surface area contributed by atoms with E-state index in [1.54, 1.807) is 20.2 Å². The highest BCUT2D eigenvalue weighted by Gasteiger charge is 2.14. The molecule has 0 N–H and O–H groups in total. The number of nitrogens with zero attached hydrogens (tertiary/aromatic N) is 1. The average molecular weight is 214 g/mol. The van der Waals surface area contributed by atoms with E-state index < -0.39 is 5.37 Å². The van der Waals surface area contributed by atoms with Crippen molar-refractivity contribution in [3.8, 4) is 5.75 Å². The van der Waals surface area contributed by atoms with E-state index in [1.165, 1.54) is 4.90 Å². The molecule has 1 amide bonds. The van der Waals surface area contributed by atoms with Crippen molar-refractivity contribution in [2.75, 3.05) is 19.1 Å². The first-order chi connectivity index (χ1) is 6.57. The van der Waals surface area contributed by atoms with Gasteiger partial charge in [-0.05, 0) is 30.2 Å². The van der Waals surface area contributed by atoms with Crippen molar-refractivity contribution in [2.24, 2.45) is 0 Å². The lowest BCUT2D eigenvalue weighted by molar-refractivity contribution is 0.265. The van der Waals surface area contributed by atoms with Crippen LogP contribution in [0.25, 0.3) is 0 Å². The Hall–Kier alpha value is -1.22. The molecule has 1 aromatic carbocycles. The van der Waals surface area contributed by atoms with Crippen molar-refractivity contribution in [1.82, 2.24) is 0 Å². The normalized spacial score (nSPS) is 9.71. The van der Waals surface area contributed by atoms with Gasteiger partial charge in [0.25, 0.3) is 0 Å². The van der Waals surface area contributed by atoms with E-state index in [2.05, 4.69) is 0 Å². The van der Waals surface area contributed by atoms with E-state index in [9.17, 15) is 4.79 Å². The predicted molar refractivity (Wildman–Crippen MR) is 57.4 cm³/mol. The monoisotopic (exact) mass is 213 g/mol. The van der Waals surface area contributed by atoms with E-state index in [-0.39, 0.29) is 0 Å². The van der Waals surface area contributed by atoms with Crippen LogP contribution in [-0.2, 0) is 0 Å². The Morgan fingerprint density at radius 1 is 1.50 bits per heavy atom. The average Bonchev–Trinajstić information content (AvgIpc) is 2.16. The number of benzene rings is 1. The first-order valence-corrected chi connectivity index (χ1v) is 4.52. The molecule has 1 aromatic rings. The number of aryl methyl sites for hydroxylation is 1. The Morgan fingerprint density at radius 2 is 2.14 bits per heavy atom. The van der Waals surface area contributed by atoms with Gasteiger partial charge in [0.2, 0.25) is 0 Å². The fraction of sp³-hybridized carbons (Fsp3) is 0.300. The topological polar surface area (TPSA) is 29.5 Å². The van der Waals surface area contributed by atoms with Crippen LogP contribution in [0.15, 0.2) is 18.2 Å². The second-order valence-electron chi connectivity index (χ2n) is 2.94. The predicted octanol–water partition coefficient (Wildman–Crippen LogP) is 2.80. The van der Waals surface area contributed by atoms with Crippen LogP contribution < -0.4 is 9.64 Å². The number of hydrogen-bond donors (Lipinski definition) is 0. The maximum absolute atomic E-state index is 11.0. The summed E-state index contributed by atoms with van der Waals surface area (Å²) in [5, 5.41) is -0.530. The number of ether oxygens (including phenoxy) is 1. The van der Waals surface area contributed by atoms with E-state index in [0.29, 0.717) is 11.4 Å². The molecule has 0 bridgehead atoms. The summed E-state index contributed by atoms with van der Waals surface area (Å²) in [6, 6.07) is 5.55. The minimum atomic E-state index is -0.530. The Bertz CT molecular complexity index is 352. The highest BCUT2D eigenvalue weighted by atomic mass is 35.5. The summed E-state index contributed by atoms with van der Waals surface area (Å²) in [4.78, 5) is 12.4. The molecule has 1 rings (SSSR count). The molecule has 0 aliphatic carbocycles. The third kappa shape index (κ3) is 1.99. The molecule has 14 heavy (non-hydrogen) atoms. The van der Waals surface area contributed by atoms with Crippen molar-refractivity contribution < 1.29 is 9.53 Å². The van der Waals surface area contributed by atoms with Crippen LogP contribution >= 0.6 is 11.6 Å². The second kappa shape index (κ2) is 4.33. The van der Waals surface area contributed by atoms with Gasteiger partial charge in [-0.25, -0.2) is 0 Å². The van der Waals surface area contributed by atoms with Crippen molar-refractivity contribution in [3.63, 3.8) is 0 Å². The maximum atomic E-state index is 11.0. The zero-order valence-corrected chi connectivity index (χ0v) is 9.13. The van der Waals surface area contributed by atoms with E-state index in [1.807, 2.05) is 19.1 Å². The third-order valence-electron chi connectivity index (χ3n) is 2.02. The molecular weight excluding hydrogens is 202 g/mol. The minimum Gasteiger partial charge on any atom is -0.495 e. The molecule has 4 heteroatoms. The van der Waals surface area contributed by atoms with Gasteiger partial charge in [0, 0.05) is 7.05 Å². The first kappa shape index (κ1) is 10.9. The summed E-state index contributed by atoms with van der Waals surface area (Å²) in [5.41, 5.74) is 1.65. The van der Waals surface area contributed by atoms with E-state index in [0.717, 1.165) is 5.56 Å². The Labute approximate surface area is 88.2 Å². The van der Waals surface area contributed by atoms with Gasteiger partial charge >= 0.3 is 5.37 Å². The lowest BCUT2D eigenvalue weighted by Gasteiger charge is -2.19. The Balaban J connectivity index is 3.23. The number of para-hydroxylation sites is 1. The smallest absolute Gasteiger partial charge is 0.320 e. The molecule has 0 aliphatic rings. The fourth-order valence-electron chi connectivity index (χ4n) is 1.31. The number of methoxy groups -OCH3 is 1. The van der Waals surface area contributed by atoms with Crippen molar-refractivity contribution in [2.45, 2.75) is 6.92 Å². The molecule has 0 radical (unpaired) electrons. The van der Waals surface area contributed by atoms with Gasteiger partial charge in [0.05, 0.1) is 12.8 Å². The summed E-state index contributed by atoms with van der Waals surface area (Å²) in [5.74, 6) is 0.640.